The van der Waals surface area contributed by atoms with Gasteiger partial charge in [0.25, 0.3) is 0 Å². The van der Waals surface area contributed by atoms with Crippen LogP contribution in [0.5, 0.6) is 0 Å². The Bertz CT molecular complexity index is 1050. The van der Waals surface area contributed by atoms with E-state index in [9.17, 15) is 4.79 Å². The molecule has 5 heteroatoms. The lowest BCUT2D eigenvalue weighted by atomic mass is 9.95. The summed E-state index contributed by atoms with van der Waals surface area (Å²) in [6, 6.07) is 27.6. The first-order chi connectivity index (χ1) is 16.8. The Hall–Kier alpha value is -2.76. The molecule has 3 aromatic rings. The molecule has 2 heterocycles. The second-order valence-corrected chi connectivity index (χ2v) is 10.2. The summed E-state index contributed by atoms with van der Waals surface area (Å²) < 4.78 is 0. The number of thioether (sulfide) groups is 1. The van der Waals surface area contributed by atoms with Crippen molar-refractivity contribution in [2.75, 3.05) is 37.6 Å². The van der Waals surface area contributed by atoms with Crippen LogP contribution in [0.3, 0.4) is 0 Å². The molecule has 3 aromatic carbocycles. The van der Waals surface area contributed by atoms with Crippen LogP contribution >= 0.6 is 11.8 Å². The van der Waals surface area contributed by atoms with Gasteiger partial charge in [0.1, 0.15) is 0 Å². The van der Waals surface area contributed by atoms with Crippen LogP contribution in [0.25, 0.3) is 0 Å². The second-order valence-electron chi connectivity index (χ2n) is 9.15. The van der Waals surface area contributed by atoms with E-state index in [-0.39, 0.29) is 11.9 Å². The number of nitrogens with zero attached hydrogens (tertiary/aromatic N) is 2. The van der Waals surface area contributed by atoms with E-state index in [1.54, 1.807) is 0 Å². The SMILES string of the molecule is O=C(CCCCN1CCN(c2ccccc2)CC1)NC1c2ccccc2CSc2ccccc21. The molecule has 34 heavy (non-hydrogen) atoms. The fourth-order valence-electron chi connectivity index (χ4n) is 5.00. The van der Waals surface area contributed by atoms with Gasteiger partial charge in [0.05, 0.1) is 6.04 Å². The maximum atomic E-state index is 13.0. The molecule has 1 N–H and O–H groups in total. The number of carbonyl (C=O) groups is 1. The third-order valence-electron chi connectivity index (χ3n) is 6.91. The van der Waals surface area contributed by atoms with Gasteiger partial charge in [-0.15, -0.1) is 11.8 Å². The predicted octanol–water partition coefficient (Wildman–Crippen LogP) is 5.49. The molecule has 1 amide bonds. The third-order valence-corrected chi connectivity index (χ3v) is 8.04. The Morgan fingerprint density at radius 3 is 2.35 bits per heavy atom. The topological polar surface area (TPSA) is 35.6 Å². The van der Waals surface area contributed by atoms with Gasteiger partial charge in [-0.05, 0) is 54.3 Å². The van der Waals surface area contributed by atoms with Crippen molar-refractivity contribution in [3.63, 3.8) is 0 Å². The number of anilines is 1. The molecule has 0 radical (unpaired) electrons. The van der Waals surface area contributed by atoms with Gasteiger partial charge < -0.3 is 10.2 Å². The van der Waals surface area contributed by atoms with Crippen LogP contribution in [-0.4, -0.2) is 43.5 Å². The molecule has 1 atom stereocenters. The fraction of sp³-hybridized carbons (Fsp3) is 0.345. The molecule has 2 aliphatic heterocycles. The quantitative estimate of drug-likeness (QED) is 0.462. The van der Waals surface area contributed by atoms with Crippen LogP contribution in [0, 0.1) is 0 Å². The zero-order chi connectivity index (χ0) is 23.2. The Morgan fingerprint density at radius 1 is 0.824 bits per heavy atom. The van der Waals surface area contributed by atoms with Crippen molar-refractivity contribution in [3.8, 4) is 0 Å². The van der Waals surface area contributed by atoms with E-state index >= 15 is 0 Å². The number of para-hydroxylation sites is 1. The van der Waals surface area contributed by atoms with Gasteiger partial charge in [-0.1, -0.05) is 60.7 Å². The molecular weight excluding hydrogens is 438 g/mol. The first-order valence-electron chi connectivity index (χ1n) is 12.4. The lowest BCUT2D eigenvalue weighted by molar-refractivity contribution is -0.121. The lowest BCUT2D eigenvalue weighted by Crippen LogP contribution is -2.46. The molecule has 1 unspecified atom stereocenters. The maximum absolute atomic E-state index is 13.0. The highest BCUT2D eigenvalue weighted by Gasteiger charge is 2.25. The number of hydrogen-bond donors (Lipinski definition) is 1. The molecule has 0 saturated carbocycles. The Morgan fingerprint density at radius 2 is 1.53 bits per heavy atom. The molecule has 0 aromatic heterocycles. The zero-order valence-corrected chi connectivity index (χ0v) is 20.5. The van der Waals surface area contributed by atoms with Gasteiger partial charge in [-0.3, -0.25) is 9.69 Å². The minimum atomic E-state index is -0.0686. The molecule has 176 valence electrons. The number of benzene rings is 3. The number of carbonyl (C=O) groups excluding carboxylic acids is 1. The van der Waals surface area contributed by atoms with E-state index in [1.807, 2.05) is 11.8 Å². The van der Waals surface area contributed by atoms with Gasteiger partial charge in [0, 0.05) is 48.9 Å². The van der Waals surface area contributed by atoms with Gasteiger partial charge in [-0.2, -0.15) is 0 Å². The van der Waals surface area contributed by atoms with E-state index in [4.69, 9.17) is 0 Å². The first-order valence-corrected chi connectivity index (χ1v) is 13.4. The average Bonchev–Trinajstić information content (AvgIpc) is 3.05. The minimum absolute atomic E-state index is 0.0686. The number of unbranched alkanes of at least 4 members (excludes halogenated alkanes) is 1. The first kappa shape index (κ1) is 23.0. The summed E-state index contributed by atoms with van der Waals surface area (Å²) in [7, 11) is 0. The summed E-state index contributed by atoms with van der Waals surface area (Å²) in [5.74, 6) is 1.09. The van der Waals surface area contributed by atoms with Gasteiger partial charge in [0.15, 0.2) is 0 Å². The Balaban J connectivity index is 1.11. The molecule has 2 aliphatic rings. The average molecular weight is 472 g/mol. The van der Waals surface area contributed by atoms with Crippen molar-refractivity contribution in [3.05, 3.63) is 95.6 Å². The molecule has 0 bridgehead atoms. The van der Waals surface area contributed by atoms with Crippen LogP contribution in [-0.2, 0) is 10.5 Å². The highest BCUT2D eigenvalue weighted by molar-refractivity contribution is 7.98. The molecule has 4 nitrogen and oxygen atoms in total. The van der Waals surface area contributed by atoms with E-state index in [0.717, 1.165) is 51.3 Å². The summed E-state index contributed by atoms with van der Waals surface area (Å²) in [5.41, 5.74) is 5.06. The summed E-state index contributed by atoms with van der Waals surface area (Å²) in [4.78, 5) is 19.2. The summed E-state index contributed by atoms with van der Waals surface area (Å²) in [6.07, 6.45) is 2.57. The van der Waals surface area contributed by atoms with Crippen LogP contribution in [0.1, 0.15) is 42.0 Å². The van der Waals surface area contributed by atoms with Crippen LogP contribution in [0.2, 0.25) is 0 Å². The molecule has 0 spiro atoms. The van der Waals surface area contributed by atoms with Crippen molar-refractivity contribution in [2.24, 2.45) is 0 Å². The van der Waals surface area contributed by atoms with Crippen molar-refractivity contribution < 1.29 is 4.79 Å². The van der Waals surface area contributed by atoms with Gasteiger partial charge >= 0.3 is 0 Å². The van der Waals surface area contributed by atoms with Gasteiger partial charge in [-0.25, -0.2) is 0 Å². The molecule has 1 fully saturated rings. The van der Waals surface area contributed by atoms with Crippen molar-refractivity contribution in [2.45, 2.75) is 36.0 Å². The van der Waals surface area contributed by atoms with Crippen molar-refractivity contribution in [1.82, 2.24) is 10.2 Å². The zero-order valence-electron chi connectivity index (χ0n) is 19.7. The number of piperazine rings is 1. The monoisotopic (exact) mass is 471 g/mol. The van der Waals surface area contributed by atoms with E-state index in [0.29, 0.717) is 6.42 Å². The molecule has 1 saturated heterocycles. The molecule has 0 aliphatic carbocycles. The highest BCUT2D eigenvalue weighted by atomic mass is 32.2. The van der Waals surface area contributed by atoms with Crippen molar-refractivity contribution in [1.29, 1.82) is 0 Å². The summed E-state index contributed by atoms with van der Waals surface area (Å²) in [6.45, 7) is 5.40. The number of rotatable bonds is 7. The largest absolute Gasteiger partial charge is 0.369 e. The van der Waals surface area contributed by atoms with Crippen LogP contribution < -0.4 is 10.2 Å². The molecule has 5 rings (SSSR count). The predicted molar refractivity (Wildman–Crippen MR) is 141 cm³/mol. The second kappa shape index (κ2) is 11.1. The number of hydrogen-bond acceptors (Lipinski definition) is 4. The Kier molecular flexibility index (Phi) is 7.52. The van der Waals surface area contributed by atoms with Gasteiger partial charge in [0.2, 0.25) is 5.91 Å². The van der Waals surface area contributed by atoms with E-state index in [1.165, 1.54) is 27.3 Å². The van der Waals surface area contributed by atoms with E-state index in [2.05, 4.69) is 94.0 Å². The standard InChI is InChI=1S/C29H33N3OS/c33-28(16-8-9-17-31-18-20-32(21-19-31)24-11-2-1-3-12-24)30-29-25-13-5-4-10-23(25)22-34-27-15-7-6-14-26(27)29/h1-7,10-15,29H,8-9,16-22H2,(H,30,33). The summed E-state index contributed by atoms with van der Waals surface area (Å²) in [5, 5.41) is 3.36. The normalized spacial score (nSPS) is 18.0. The number of amides is 1. The Labute approximate surface area is 207 Å². The van der Waals surface area contributed by atoms with Crippen LogP contribution in [0.4, 0.5) is 5.69 Å². The third kappa shape index (κ3) is 5.48. The number of nitrogens with one attached hydrogen (secondary N) is 1. The van der Waals surface area contributed by atoms with Crippen molar-refractivity contribution >= 4 is 23.4 Å². The van der Waals surface area contributed by atoms with Crippen LogP contribution in [0.15, 0.2) is 83.8 Å². The highest BCUT2D eigenvalue weighted by Crippen LogP contribution is 2.39. The summed E-state index contributed by atoms with van der Waals surface area (Å²) >= 11 is 1.86. The molecular formula is C29H33N3OS. The minimum Gasteiger partial charge on any atom is -0.369 e. The fourth-order valence-corrected chi connectivity index (χ4v) is 6.10. The van der Waals surface area contributed by atoms with E-state index < -0.39 is 0 Å². The maximum Gasteiger partial charge on any atom is 0.220 e. The lowest BCUT2D eigenvalue weighted by Gasteiger charge is -2.36. The number of fused-ring (bicyclic) bond motifs is 2. The smallest absolute Gasteiger partial charge is 0.220 e.